The molecule has 0 aliphatic heterocycles. The molecule has 2 N–H and O–H groups in total. The van der Waals surface area contributed by atoms with E-state index >= 15 is 0 Å². The zero-order valence-electron chi connectivity index (χ0n) is 15.0. The summed E-state index contributed by atoms with van der Waals surface area (Å²) in [6, 6.07) is -1.33. The van der Waals surface area contributed by atoms with Crippen molar-refractivity contribution in [3.8, 4) is 6.07 Å². The van der Waals surface area contributed by atoms with Gasteiger partial charge in [-0.15, -0.1) is 11.6 Å². The first-order valence-corrected chi connectivity index (χ1v) is 8.98. The zero-order chi connectivity index (χ0) is 24.5. The van der Waals surface area contributed by atoms with Crippen molar-refractivity contribution in [1.82, 2.24) is 9.78 Å². The minimum Gasteiger partial charge on any atom is -0.465 e. The number of nitrogens with zero attached hydrogens (tertiary/aromatic N) is 3. The van der Waals surface area contributed by atoms with Crippen LogP contribution >= 0.6 is 23.2 Å². The number of carbonyl (C=O) groups is 1. The average Bonchev–Trinajstić information content (AvgIpc) is 3.04. The van der Waals surface area contributed by atoms with Gasteiger partial charge >= 0.3 is 18.4 Å². The third-order valence-electron chi connectivity index (χ3n) is 5.07. The van der Waals surface area contributed by atoms with Gasteiger partial charge in [-0.05, 0) is 6.08 Å². The summed E-state index contributed by atoms with van der Waals surface area (Å²) in [5.41, 5.74) is -7.06. The lowest BCUT2D eigenvalue weighted by atomic mass is 9.91. The molecule has 0 spiro atoms. The van der Waals surface area contributed by atoms with Gasteiger partial charge in [0.2, 0.25) is 0 Å². The van der Waals surface area contributed by atoms with Crippen LogP contribution in [0.5, 0.6) is 0 Å². The van der Waals surface area contributed by atoms with Crippen LogP contribution in [0.25, 0.3) is 0 Å². The Bertz CT molecular complexity index is 1090. The molecule has 16 heteroatoms. The maximum Gasteiger partial charge on any atom is 0.413 e. The van der Waals surface area contributed by atoms with Gasteiger partial charge in [-0.25, -0.2) is 18.3 Å². The Labute approximate surface area is 182 Å². The molecule has 3 atom stereocenters. The Hall–Kier alpha value is -2.53. The van der Waals surface area contributed by atoms with Gasteiger partial charge in [0.25, 0.3) is 5.92 Å². The van der Waals surface area contributed by atoms with Crippen molar-refractivity contribution in [3.05, 3.63) is 34.5 Å². The fourth-order valence-corrected chi connectivity index (χ4v) is 4.22. The molecule has 1 amide bonds. The lowest BCUT2D eigenvalue weighted by molar-refractivity contribution is -0.182. The van der Waals surface area contributed by atoms with E-state index in [-0.39, 0.29) is 4.68 Å². The van der Waals surface area contributed by atoms with Crippen LogP contribution in [0, 0.1) is 11.3 Å². The highest BCUT2D eigenvalue weighted by Gasteiger charge is 2.86. The monoisotopic (exact) mass is 510 g/mol. The number of allylic oxidation sites excluding steroid dienone is 4. The third-order valence-corrected chi connectivity index (χ3v) is 5.95. The molecule has 3 rings (SSSR count). The summed E-state index contributed by atoms with van der Waals surface area (Å²) in [7, 11) is 0. The molecule has 0 bridgehead atoms. The molecule has 1 aromatic heterocycles. The predicted octanol–water partition coefficient (Wildman–Crippen LogP) is 5.46. The van der Waals surface area contributed by atoms with Crippen molar-refractivity contribution in [2.45, 2.75) is 41.0 Å². The Morgan fingerprint density at radius 3 is 2.25 bits per heavy atom. The van der Waals surface area contributed by atoms with Gasteiger partial charge in [0.05, 0.1) is 5.56 Å². The van der Waals surface area contributed by atoms with Gasteiger partial charge in [-0.2, -0.15) is 36.7 Å². The molecule has 32 heavy (non-hydrogen) atoms. The molecule has 174 valence electrons. The van der Waals surface area contributed by atoms with Gasteiger partial charge in [-0.1, -0.05) is 23.8 Å². The number of carboxylic acid groups (broad SMARTS) is 1. The quantitative estimate of drug-likeness (QED) is 0.417. The van der Waals surface area contributed by atoms with Crippen LogP contribution in [0.15, 0.2) is 23.3 Å². The highest BCUT2D eigenvalue weighted by Crippen LogP contribution is 2.71. The third kappa shape index (κ3) is 3.21. The molecule has 2 aliphatic rings. The van der Waals surface area contributed by atoms with Crippen LogP contribution < -0.4 is 5.32 Å². The van der Waals surface area contributed by atoms with Crippen molar-refractivity contribution in [3.63, 3.8) is 0 Å². The van der Waals surface area contributed by atoms with Crippen LogP contribution in [0.3, 0.4) is 0 Å². The number of alkyl halides is 9. The van der Waals surface area contributed by atoms with Crippen LogP contribution in [-0.2, 0) is 5.41 Å². The van der Waals surface area contributed by atoms with Crippen molar-refractivity contribution in [2.24, 2.45) is 0 Å². The van der Waals surface area contributed by atoms with E-state index in [0.29, 0.717) is 6.08 Å². The summed E-state index contributed by atoms with van der Waals surface area (Å²) < 4.78 is 111. The van der Waals surface area contributed by atoms with Crippen LogP contribution in [0.4, 0.5) is 45.7 Å². The maximum atomic E-state index is 14.0. The number of hydrogen-bond donors (Lipinski definition) is 2. The first-order valence-electron chi connectivity index (χ1n) is 8.23. The zero-order valence-corrected chi connectivity index (χ0v) is 16.5. The van der Waals surface area contributed by atoms with Gasteiger partial charge in [0.15, 0.2) is 16.0 Å². The van der Waals surface area contributed by atoms with E-state index in [1.807, 2.05) is 0 Å². The van der Waals surface area contributed by atoms with E-state index in [1.165, 1.54) is 5.32 Å². The number of halogens is 10. The summed E-state index contributed by atoms with van der Waals surface area (Å²) in [5.74, 6) is -5.93. The molecule has 2 aliphatic carbocycles. The van der Waals surface area contributed by atoms with Gasteiger partial charge in [0.1, 0.15) is 17.9 Å². The highest BCUT2D eigenvalue weighted by molar-refractivity contribution is 6.33. The second kappa shape index (κ2) is 6.98. The largest absolute Gasteiger partial charge is 0.465 e. The molecule has 0 saturated heterocycles. The second-order valence-corrected chi connectivity index (χ2v) is 7.98. The fourth-order valence-electron chi connectivity index (χ4n) is 3.54. The van der Waals surface area contributed by atoms with E-state index in [1.54, 1.807) is 0 Å². The van der Waals surface area contributed by atoms with E-state index in [2.05, 4.69) is 5.10 Å². The molecule has 3 unspecified atom stereocenters. The summed E-state index contributed by atoms with van der Waals surface area (Å²) in [6.07, 6.45) is -13.0. The van der Waals surface area contributed by atoms with Crippen LogP contribution in [-0.4, -0.2) is 44.1 Å². The van der Waals surface area contributed by atoms with E-state index in [9.17, 15) is 45.2 Å². The maximum absolute atomic E-state index is 14.0. The van der Waals surface area contributed by atoms with Gasteiger partial charge in [0, 0.05) is 11.5 Å². The molecule has 6 nitrogen and oxygen atoms in total. The number of nitrogens with one attached hydrogen (secondary N) is 1. The fraction of sp³-hybridized carbons (Fsp3) is 0.438. The van der Waals surface area contributed by atoms with Crippen LogP contribution in [0.2, 0.25) is 0 Å². The number of amides is 1. The van der Waals surface area contributed by atoms with Crippen molar-refractivity contribution < 1.29 is 45.0 Å². The molecule has 0 radical (unpaired) electrons. The number of aromatic nitrogens is 2. The van der Waals surface area contributed by atoms with Gasteiger partial charge < -0.3 is 5.11 Å². The van der Waals surface area contributed by atoms with Gasteiger partial charge in [-0.3, -0.25) is 5.32 Å². The topological polar surface area (TPSA) is 90.9 Å². The minimum atomic E-state index is -5.72. The Morgan fingerprint density at radius 2 is 1.84 bits per heavy atom. The first kappa shape index (κ1) is 24.1. The standard InChI is InChI=1S/C16H8Cl2F8N4O2/c17-6-2-1-3-13(18,16(24,25)26)9(6)30-10(28-11(31)32)8(7(4-27)29-30)12(15(21,22)23)5-14(12,19)20/h1-3,9,28H,5H2,(H,31,32). The second-order valence-electron chi connectivity index (χ2n) is 6.92. The molecule has 1 aromatic rings. The van der Waals surface area contributed by atoms with E-state index in [4.69, 9.17) is 28.3 Å². The smallest absolute Gasteiger partial charge is 0.413 e. The first-order chi connectivity index (χ1) is 14.4. The van der Waals surface area contributed by atoms with Crippen molar-refractivity contribution in [2.75, 3.05) is 5.32 Å². The van der Waals surface area contributed by atoms with E-state index < -0.39 is 69.2 Å². The summed E-state index contributed by atoms with van der Waals surface area (Å²) in [5, 5.41) is 22.2. The average molecular weight is 511 g/mol. The molecular weight excluding hydrogens is 503 g/mol. The van der Waals surface area contributed by atoms with Crippen molar-refractivity contribution in [1.29, 1.82) is 5.26 Å². The number of rotatable bonds is 3. The highest BCUT2D eigenvalue weighted by atomic mass is 35.5. The lowest BCUT2D eigenvalue weighted by Crippen LogP contribution is -2.47. The molecular formula is C16H8Cl2F8N4O2. The lowest BCUT2D eigenvalue weighted by Gasteiger charge is -2.37. The SMILES string of the molecule is N#Cc1nn(C2C(Cl)=CC=CC2(Cl)C(F)(F)F)c(NC(=O)O)c1C1(C(F)(F)F)CC1(F)F. The van der Waals surface area contributed by atoms with Crippen molar-refractivity contribution >= 4 is 35.1 Å². The molecule has 1 heterocycles. The molecule has 0 aromatic carbocycles. The Kier molecular flexibility index (Phi) is 5.26. The van der Waals surface area contributed by atoms with Crippen LogP contribution in [0.1, 0.15) is 23.7 Å². The predicted molar refractivity (Wildman–Crippen MR) is 92.6 cm³/mol. The summed E-state index contributed by atoms with van der Waals surface area (Å²) in [6.45, 7) is 0. The normalized spacial score (nSPS) is 29.3. The van der Waals surface area contributed by atoms with E-state index in [0.717, 1.165) is 18.2 Å². The summed E-state index contributed by atoms with van der Waals surface area (Å²) in [4.78, 5) is 7.76. The molecule has 1 saturated carbocycles. The minimum absolute atomic E-state index is 0.0350. The number of nitriles is 1. The summed E-state index contributed by atoms with van der Waals surface area (Å²) >= 11 is 11.5. The Balaban J connectivity index is 2.40. The number of hydrogen-bond acceptors (Lipinski definition) is 3. The Morgan fingerprint density at radius 1 is 1.28 bits per heavy atom. The molecule has 1 fully saturated rings. The number of anilines is 1.